The quantitative estimate of drug-likeness (QED) is 0.451. The van der Waals surface area contributed by atoms with E-state index in [0.717, 1.165) is 27.0 Å². The van der Waals surface area contributed by atoms with Crippen LogP contribution in [0.3, 0.4) is 0 Å². The molecule has 0 saturated heterocycles. The second-order valence-electron chi connectivity index (χ2n) is 7.49. The van der Waals surface area contributed by atoms with Crippen molar-refractivity contribution in [3.8, 4) is 0 Å². The summed E-state index contributed by atoms with van der Waals surface area (Å²) >= 11 is 15.4. The minimum atomic E-state index is -3.84. The molecule has 0 bridgehead atoms. The highest BCUT2D eigenvalue weighted by atomic mass is 79.9. The predicted molar refractivity (Wildman–Crippen MR) is 136 cm³/mol. The topological polar surface area (TPSA) is 86.8 Å². The zero-order valence-corrected chi connectivity index (χ0v) is 22.4. The molecule has 0 aliphatic rings. The molecule has 0 saturated carbocycles. The average molecular weight is 579 g/mol. The maximum absolute atomic E-state index is 13.4. The molecule has 0 radical (unpaired) electrons. The smallest absolute Gasteiger partial charge is 0.244 e. The van der Waals surface area contributed by atoms with Gasteiger partial charge in [-0.3, -0.25) is 13.9 Å². The number of carbonyl (C=O) groups is 2. The van der Waals surface area contributed by atoms with E-state index in [1.807, 2.05) is 31.2 Å². The van der Waals surface area contributed by atoms with Gasteiger partial charge in [0.05, 0.1) is 22.0 Å². The molecule has 0 aliphatic heterocycles. The lowest BCUT2D eigenvalue weighted by Crippen LogP contribution is -2.51. The first-order chi connectivity index (χ1) is 15.4. The van der Waals surface area contributed by atoms with Crippen molar-refractivity contribution in [3.63, 3.8) is 0 Å². The summed E-state index contributed by atoms with van der Waals surface area (Å²) in [5, 5.41) is 3.21. The third kappa shape index (κ3) is 7.88. The summed E-state index contributed by atoms with van der Waals surface area (Å²) < 4.78 is 26.8. The molecule has 180 valence electrons. The number of sulfonamides is 1. The Bertz CT molecular complexity index is 1110. The molecule has 0 aliphatic carbocycles. The summed E-state index contributed by atoms with van der Waals surface area (Å²) in [6.45, 7) is 3.64. The number of benzene rings is 2. The molecule has 2 amide bonds. The lowest BCUT2D eigenvalue weighted by atomic mass is 10.1. The Morgan fingerprint density at radius 3 is 2.39 bits per heavy atom. The van der Waals surface area contributed by atoms with Crippen molar-refractivity contribution in [3.05, 3.63) is 62.5 Å². The van der Waals surface area contributed by atoms with E-state index in [1.54, 1.807) is 6.92 Å². The number of anilines is 1. The van der Waals surface area contributed by atoms with Crippen LogP contribution in [0.1, 0.15) is 25.8 Å². The van der Waals surface area contributed by atoms with Crippen molar-refractivity contribution in [2.75, 3.05) is 23.7 Å². The van der Waals surface area contributed by atoms with E-state index >= 15 is 0 Å². The number of hydrogen-bond donors (Lipinski definition) is 1. The van der Waals surface area contributed by atoms with Crippen molar-refractivity contribution in [2.24, 2.45) is 0 Å². The minimum Gasteiger partial charge on any atom is -0.354 e. The fourth-order valence-corrected chi connectivity index (χ4v) is 4.64. The van der Waals surface area contributed by atoms with Gasteiger partial charge in [0.25, 0.3) is 0 Å². The van der Waals surface area contributed by atoms with Gasteiger partial charge in [0.2, 0.25) is 21.8 Å². The number of halogens is 3. The minimum absolute atomic E-state index is 0.123. The van der Waals surface area contributed by atoms with E-state index in [9.17, 15) is 18.0 Å². The van der Waals surface area contributed by atoms with Gasteiger partial charge in [-0.25, -0.2) is 8.42 Å². The third-order valence-electron chi connectivity index (χ3n) is 4.83. The molecule has 33 heavy (non-hydrogen) atoms. The molecular formula is C22H26BrCl2N3O4S. The molecule has 0 spiro atoms. The molecule has 0 heterocycles. The van der Waals surface area contributed by atoms with Crippen LogP contribution in [0.2, 0.25) is 10.0 Å². The monoisotopic (exact) mass is 577 g/mol. The lowest BCUT2D eigenvalue weighted by molar-refractivity contribution is -0.139. The molecular weight excluding hydrogens is 553 g/mol. The van der Waals surface area contributed by atoms with Gasteiger partial charge in [-0.1, -0.05) is 58.2 Å². The molecule has 1 N–H and O–H groups in total. The Kier molecular flexibility index (Phi) is 10.0. The van der Waals surface area contributed by atoms with Crippen molar-refractivity contribution >= 4 is 66.7 Å². The molecule has 2 aromatic rings. The van der Waals surface area contributed by atoms with Crippen LogP contribution in [0.15, 0.2) is 46.9 Å². The first-order valence-corrected chi connectivity index (χ1v) is 13.6. The van der Waals surface area contributed by atoms with Gasteiger partial charge < -0.3 is 10.2 Å². The van der Waals surface area contributed by atoms with Crippen molar-refractivity contribution in [2.45, 2.75) is 32.9 Å². The standard InChI is InChI=1S/C22H26BrCl2N3O4S/c1-4-10-26-22(30)15(2)27(13-16-6-5-7-17(23)11-16)21(29)14-28(33(3,31)32)18-8-9-19(24)20(25)12-18/h5-9,11-12,15H,4,10,13-14H2,1-3H3,(H,26,30)/t15-/m1/s1. The van der Waals surface area contributed by atoms with Gasteiger partial charge in [-0.2, -0.15) is 0 Å². The number of rotatable bonds is 10. The first kappa shape index (κ1) is 27.4. The van der Waals surface area contributed by atoms with Gasteiger partial charge in [0.1, 0.15) is 12.6 Å². The van der Waals surface area contributed by atoms with Crippen LogP contribution in [0.25, 0.3) is 0 Å². The van der Waals surface area contributed by atoms with Gasteiger partial charge >= 0.3 is 0 Å². The van der Waals surface area contributed by atoms with Crippen LogP contribution in [0, 0.1) is 0 Å². The van der Waals surface area contributed by atoms with Crippen LogP contribution in [0.4, 0.5) is 5.69 Å². The first-order valence-electron chi connectivity index (χ1n) is 10.2. The van der Waals surface area contributed by atoms with Crippen LogP contribution < -0.4 is 9.62 Å². The second kappa shape index (κ2) is 12.1. The van der Waals surface area contributed by atoms with E-state index < -0.39 is 28.5 Å². The van der Waals surface area contributed by atoms with E-state index in [-0.39, 0.29) is 28.2 Å². The molecule has 0 unspecified atom stereocenters. The molecule has 0 aromatic heterocycles. The van der Waals surface area contributed by atoms with Crippen LogP contribution in [0.5, 0.6) is 0 Å². The summed E-state index contributed by atoms with van der Waals surface area (Å²) in [5.41, 5.74) is 0.985. The molecule has 1 atom stereocenters. The highest BCUT2D eigenvalue weighted by Crippen LogP contribution is 2.28. The number of amides is 2. The Morgan fingerprint density at radius 2 is 1.82 bits per heavy atom. The van der Waals surface area contributed by atoms with E-state index in [2.05, 4.69) is 21.2 Å². The fourth-order valence-electron chi connectivity index (χ4n) is 3.06. The predicted octanol–water partition coefficient (Wildman–Crippen LogP) is 4.47. The summed E-state index contributed by atoms with van der Waals surface area (Å²) in [7, 11) is -3.84. The zero-order valence-electron chi connectivity index (χ0n) is 18.5. The van der Waals surface area contributed by atoms with Crippen molar-refractivity contribution in [1.29, 1.82) is 0 Å². The normalized spacial score (nSPS) is 12.2. The van der Waals surface area contributed by atoms with Crippen LogP contribution in [-0.2, 0) is 26.2 Å². The highest BCUT2D eigenvalue weighted by molar-refractivity contribution is 9.10. The number of hydrogen-bond acceptors (Lipinski definition) is 4. The van der Waals surface area contributed by atoms with Crippen molar-refractivity contribution in [1.82, 2.24) is 10.2 Å². The SMILES string of the molecule is CCCNC(=O)[C@@H](C)N(Cc1cccc(Br)c1)C(=O)CN(c1ccc(Cl)c(Cl)c1)S(C)(=O)=O. The van der Waals surface area contributed by atoms with Crippen LogP contribution in [-0.4, -0.2) is 50.5 Å². The third-order valence-corrected chi connectivity index (χ3v) is 7.20. The summed E-state index contributed by atoms with van der Waals surface area (Å²) in [4.78, 5) is 27.4. The number of carbonyl (C=O) groups excluding carboxylic acids is 2. The largest absolute Gasteiger partial charge is 0.354 e. The summed E-state index contributed by atoms with van der Waals surface area (Å²) in [6, 6.07) is 10.8. The maximum atomic E-state index is 13.4. The molecule has 7 nitrogen and oxygen atoms in total. The Balaban J connectivity index is 2.39. The molecule has 0 fully saturated rings. The Labute approximate surface area is 213 Å². The highest BCUT2D eigenvalue weighted by Gasteiger charge is 2.30. The lowest BCUT2D eigenvalue weighted by Gasteiger charge is -2.31. The maximum Gasteiger partial charge on any atom is 0.244 e. The summed E-state index contributed by atoms with van der Waals surface area (Å²) in [6.07, 6.45) is 1.75. The van der Waals surface area contributed by atoms with Crippen LogP contribution >= 0.6 is 39.1 Å². The van der Waals surface area contributed by atoms with Crippen molar-refractivity contribution < 1.29 is 18.0 Å². The van der Waals surface area contributed by atoms with E-state index in [1.165, 1.54) is 23.1 Å². The summed E-state index contributed by atoms with van der Waals surface area (Å²) in [5.74, 6) is -0.855. The van der Waals surface area contributed by atoms with Gasteiger partial charge in [0.15, 0.2) is 0 Å². The second-order valence-corrected chi connectivity index (χ2v) is 11.1. The zero-order chi connectivity index (χ0) is 24.8. The van der Waals surface area contributed by atoms with E-state index in [4.69, 9.17) is 23.2 Å². The van der Waals surface area contributed by atoms with Gasteiger partial charge in [0, 0.05) is 17.6 Å². The van der Waals surface area contributed by atoms with Gasteiger partial charge in [-0.05, 0) is 49.2 Å². The Morgan fingerprint density at radius 1 is 1.12 bits per heavy atom. The number of nitrogens with zero attached hydrogens (tertiary/aromatic N) is 2. The number of nitrogens with one attached hydrogen (secondary N) is 1. The fraction of sp³-hybridized carbons (Fsp3) is 0.364. The average Bonchev–Trinajstić information content (AvgIpc) is 2.74. The molecule has 2 rings (SSSR count). The Hall–Kier alpha value is -1.81. The molecule has 11 heteroatoms. The molecule has 2 aromatic carbocycles. The van der Waals surface area contributed by atoms with Gasteiger partial charge in [-0.15, -0.1) is 0 Å². The van der Waals surface area contributed by atoms with E-state index in [0.29, 0.717) is 6.54 Å².